The van der Waals surface area contributed by atoms with Crippen LogP contribution < -0.4 is 0 Å². The van der Waals surface area contributed by atoms with E-state index in [4.69, 9.17) is 13.7 Å². The number of hydrogen-bond donors (Lipinski definition) is 0. The first-order valence-corrected chi connectivity index (χ1v) is 7.52. The van der Waals surface area contributed by atoms with E-state index in [1.165, 1.54) is 6.08 Å². The van der Waals surface area contributed by atoms with E-state index in [1.807, 2.05) is 27.7 Å². The zero-order valence-electron chi connectivity index (χ0n) is 13.7. The molecule has 2 aromatic heterocycles. The molecule has 0 radical (unpaired) electrons. The van der Waals surface area contributed by atoms with Gasteiger partial charge in [-0.05, 0) is 52.0 Å². The second-order valence-corrected chi connectivity index (χ2v) is 6.54. The fourth-order valence-electron chi connectivity index (χ4n) is 2.33. The lowest BCUT2D eigenvalue weighted by Gasteiger charge is -2.32. The number of pyridine rings is 1. The molecule has 0 atom stereocenters. The van der Waals surface area contributed by atoms with Crippen LogP contribution in [0.4, 0.5) is 4.39 Å². The molecular formula is C17H19BFNO3. The summed E-state index contributed by atoms with van der Waals surface area (Å²) in [5.74, 6) is 0.582. The minimum Gasteiger partial charge on any atom is -0.463 e. The van der Waals surface area contributed by atoms with Crippen LogP contribution in [0.3, 0.4) is 0 Å². The van der Waals surface area contributed by atoms with Gasteiger partial charge in [0, 0.05) is 11.8 Å². The number of aromatic nitrogens is 1. The Morgan fingerprint density at radius 1 is 1.13 bits per heavy atom. The molecule has 1 aliphatic rings. The van der Waals surface area contributed by atoms with Crippen molar-refractivity contribution in [2.24, 2.45) is 0 Å². The molecule has 0 saturated carbocycles. The van der Waals surface area contributed by atoms with Gasteiger partial charge in [0.2, 0.25) is 0 Å². The molecule has 0 N–H and O–H groups in total. The zero-order chi connectivity index (χ0) is 16.7. The molecule has 0 aromatic carbocycles. The van der Waals surface area contributed by atoms with E-state index in [0.717, 1.165) is 0 Å². The highest BCUT2D eigenvalue weighted by Gasteiger charge is 2.53. The Kier molecular flexibility index (Phi) is 3.90. The van der Waals surface area contributed by atoms with Gasteiger partial charge >= 0.3 is 7.12 Å². The van der Waals surface area contributed by atoms with E-state index in [1.54, 1.807) is 36.7 Å². The third-order valence-corrected chi connectivity index (χ3v) is 4.37. The summed E-state index contributed by atoms with van der Waals surface area (Å²) >= 11 is 0. The molecule has 3 heterocycles. The van der Waals surface area contributed by atoms with Crippen LogP contribution >= 0.6 is 0 Å². The predicted molar refractivity (Wildman–Crippen MR) is 87.1 cm³/mol. The second kappa shape index (κ2) is 5.62. The third-order valence-electron chi connectivity index (χ3n) is 4.37. The number of halogens is 1. The van der Waals surface area contributed by atoms with Gasteiger partial charge in [0.05, 0.1) is 17.5 Å². The fourth-order valence-corrected chi connectivity index (χ4v) is 2.33. The Morgan fingerprint density at radius 2 is 1.83 bits per heavy atom. The monoisotopic (exact) mass is 315 g/mol. The van der Waals surface area contributed by atoms with E-state index in [2.05, 4.69) is 4.98 Å². The molecule has 1 fully saturated rings. The molecule has 6 heteroatoms. The van der Waals surface area contributed by atoms with Gasteiger partial charge in [-0.25, -0.2) is 4.39 Å². The SMILES string of the molecule is CC1(C)OB(C(F)=Cc2cccnc2-c2ccco2)OC1(C)C. The van der Waals surface area contributed by atoms with Crippen molar-refractivity contribution in [3.8, 4) is 11.5 Å². The van der Waals surface area contributed by atoms with Gasteiger partial charge in [-0.3, -0.25) is 4.98 Å². The molecule has 0 aliphatic carbocycles. The van der Waals surface area contributed by atoms with Gasteiger partial charge in [-0.1, -0.05) is 6.07 Å². The quantitative estimate of drug-likeness (QED) is 0.793. The molecule has 23 heavy (non-hydrogen) atoms. The lowest BCUT2D eigenvalue weighted by Crippen LogP contribution is -2.41. The van der Waals surface area contributed by atoms with Crippen LogP contribution in [0.15, 0.2) is 46.9 Å². The van der Waals surface area contributed by atoms with Crippen molar-refractivity contribution in [3.63, 3.8) is 0 Å². The summed E-state index contributed by atoms with van der Waals surface area (Å²) in [5.41, 5.74) is -0.480. The highest BCUT2D eigenvalue weighted by Crippen LogP contribution is 2.39. The number of rotatable bonds is 3. The van der Waals surface area contributed by atoms with Crippen molar-refractivity contribution in [2.45, 2.75) is 38.9 Å². The number of nitrogens with zero attached hydrogens (tertiary/aromatic N) is 1. The molecule has 1 aliphatic heterocycles. The molecule has 2 aromatic rings. The maximum Gasteiger partial charge on any atom is 0.525 e. The molecule has 3 rings (SSSR count). The van der Waals surface area contributed by atoms with E-state index < -0.39 is 24.0 Å². The minimum absolute atomic E-state index is 0.496. The normalized spacial score (nSPS) is 20.0. The van der Waals surface area contributed by atoms with Crippen molar-refractivity contribution >= 4 is 13.2 Å². The topological polar surface area (TPSA) is 44.5 Å². The molecule has 0 amide bonds. The van der Waals surface area contributed by atoms with Crippen molar-refractivity contribution in [1.29, 1.82) is 0 Å². The van der Waals surface area contributed by atoms with Crippen molar-refractivity contribution in [1.82, 2.24) is 4.98 Å². The maximum absolute atomic E-state index is 14.7. The summed E-state index contributed by atoms with van der Waals surface area (Å²) in [7, 11) is -1.02. The smallest absolute Gasteiger partial charge is 0.463 e. The highest BCUT2D eigenvalue weighted by atomic mass is 19.1. The molecule has 1 saturated heterocycles. The van der Waals surface area contributed by atoms with E-state index in [-0.39, 0.29) is 0 Å². The molecule has 120 valence electrons. The largest absolute Gasteiger partial charge is 0.525 e. The lowest BCUT2D eigenvalue weighted by molar-refractivity contribution is 0.00578. The summed E-state index contributed by atoms with van der Waals surface area (Å²) in [6.45, 7) is 7.55. The summed E-state index contributed by atoms with van der Waals surface area (Å²) < 4.78 is 31.5. The summed E-state index contributed by atoms with van der Waals surface area (Å²) in [6.07, 6.45) is 4.58. The highest BCUT2D eigenvalue weighted by molar-refractivity contribution is 6.54. The van der Waals surface area contributed by atoms with Gasteiger partial charge in [0.25, 0.3) is 0 Å². The van der Waals surface area contributed by atoms with Gasteiger partial charge in [0.15, 0.2) is 5.76 Å². The van der Waals surface area contributed by atoms with Gasteiger partial charge in [-0.2, -0.15) is 0 Å². The fraction of sp³-hybridized carbons (Fsp3) is 0.353. The Hall–Kier alpha value is -1.92. The van der Waals surface area contributed by atoms with Crippen LogP contribution in [0.25, 0.3) is 17.5 Å². The van der Waals surface area contributed by atoms with Crippen molar-refractivity contribution in [2.75, 3.05) is 0 Å². The average Bonchev–Trinajstić information content (AvgIpc) is 3.06. The van der Waals surface area contributed by atoms with E-state index in [9.17, 15) is 4.39 Å². The Bertz CT molecular complexity index is 709. The van der Waals surface area contributed by atoms with E-state index in [0.29, 0.717) is 17.0 Å². The average molecular weight is 315 g/mol. The molecular weight excluding hydrogens is 296 g/mol. The van der Waals surface area contributed by atoms with Crippen molar-refractivity contribution in [3.05, 3.63) is 48.0 Å². The van der Waals surface area contributed by atoms with Crippen LogP contribution in [-0.4, -0.2) is 23.3 Å². The Balaban J connectivity index is 1.91. The second-order valence-electron chi connectivity index (χ2n) is 6.54. The number of hydrogen-bond acceptors (Lipinski definition) is 4. The summed E-state index contributed by atoms with van der Waals surface area (Å²) in [6, 6.07) is 7.07. The van der Waals surface area contributed by atoms with Gasteiger partial charge in [0.1, 0.15) is 11.4 Å². The zero-order valence-corrected chi connectivity index (χ0v) is 13.7. The maximum atomic E-state index is 14.7. The molecule has 0 spiro atoms. The molecule has 0 bridgehead atoms. The lowest BCUT2D eigenvalue weighted by atomic mass is 9.86. The Labute approximate surface area is 135 Å². The molecule has 4 nitrogen and oxygen atoms in total. The van der Waals surface area contributed by atoms with Crippen LogP contribution in [-0.2, 0) is 9.31 Å². The predicted octanol–water partition coefficient (Wildman–Crippen LogP) is 4.28. The summed E-state index contributed by atoms with van der Waals surface area (Å²) in [4.78, 5) is 4.27. The van der Waals surface area contributed by atoms with Gasteiger partial charge < -0.3 is 13.7 Å². The Morgan fingerprint density at radius 3 is 2.43 bits per heavy atom. The minimum atomic E-state index is -1.02. The first-order chi connectivity index (χ1) is 10.8. The molecule has 0 unspecified atom stereocenters. The number of furan rings is 1. The first-order valence-electron chi connectivity index (χ1n) is 7.52. The van der Waals surface area contributed by atoms with E-state index >= 15 is 0 Å². The van der Waals surface area contributed by atoms with Crippen molar-refractivity contribution < 1.29 is 18.1 Å². The summed E-state index contributed by atoms with van der Waals surface area (Å²) in [5, 5.41) is 0. The van der Waals surface area contributed by atoms with Gasteiger partial charge in [-0.15, -0.1) is 0 Å². The third kappa shape index (κ3) is 2.96. The van der Waals surface area contributed by atoms with Crippen LogP contribution in [0.2, 0.25) is 0 Å². The first kappa shape index (κ1) is 16.0. The standard InChI is InChI=1S/C17H19BFNO3/c1-16(2)17(3,4)23-18(22-16)14(19)11-12-7-5-9-20-15(12)13-8-6-10-21-13/h5-11H,1-4H3. The van der Waals surface area contributed by atoms with Crippen LogP contribution in [0.5, 0.6) is 0 Å². The van der Waals surface area contributed by atoms with Crippen LogP contribution in [0.1, 0.15) is 33.3 Å². The van der Waals surface area contributed by atoms with Crippen LogP contribution in [0, 0.1) is 0 Å².